The number of aliphatic imine (C=N–C) groups is 2. The van der Waals surface area contributed by atoms with Crippen molar-refractivity contribution in [2.45, 2.75) is 43.9 Å². The molecule has 6 aromatic rings. The van der Waals surface area contributed by atoms with Gasteiger partial charge in [-0.3, -0.25) is 9.98 Å². The number of fused-ring (bicyclic) bond motifs is 6. The van der Waals surface area contributed by atoms with Crippen molar-refractivity contribution in [2.75, 3.05) is 11.5 Å². The lowest BCUT2D eigenvalue weighted by Crippen LogP contribution is -2.41. The Hall–Kier alpha value is -5.52. The van der Waals surface area contributed by atoms with Crippen molar-refractivity contribution < 1.29 is 4.74 Å². The summed E-state index contributed by atoms with van der Waals surface area (Å²) in [6.45, 7) is 5.42. The van der Waals surface area contributed by atoms with Crippen LogP contribution in [-0.4, -0.2) is 28.6 Å². The molecule has 1 aromatic heterocycles. The molecule has 1 saturated heterocycles. The number of hydrogen-bond donors (Lipinski definition) is 0. The predicted molar refractivity (Wildman–Crippen MR) is 199 cm³/mol. The van der Waals surface area contributed by atoms with Crippen LogP contribution in [0.25, 0.3) is 16.6 Å². The Balaban J connectivity index is 1.12. The molecule has 1 fully saturated rings. The highest BCUT2D eigenvalue weighted by molar-refractivity contribution is 6.10. The molecule has 0 bridgehead atoms. The van der Waals surface area contributed by atoms with Gasteiger partial charge < -0.3 is 14.2 Å². The first-order valence-electron chi connectivity index (χ1n) is 17.3. The number of epoxide rings is 1. The zero-order chi connectivity index (χ0) is 32.7. The van der Waals surface area contributed by atoms with Gasteiger partial charge in [0.2, 0.25) is 0 Å². The summed E-state index contributed by atoms with van der Waals surface area (Å²) in [6, 6.07) is 45.8. The fourth-order valence-corrected chi connectivity index (χ4v) is 8.36. The van der Waals surface area contributed by atoms with Crippen LogP contribution in [-0.2, 0) is 10.3 Å². The van der Waals surface area contributed by atoms with E-state index in [1.54, 1.807) is 0 Å². The largest absolute Gasteiger partial charge is 0.368 e. The first-order chi connectivity index (χ1) is 24.1. The Morgan fingerprint density at radius 1 is 0.776 bits per heavy atom. The number of ether oxygens (including phenoxy) is 1. The average Bonchev–Trinajstić information content (AvgIpc) is 3.90. The fourth-order valence-electron chi connectivity index (χ4n) is 8.36. The van der Waals surface area contributed by atoms with E-state index in [2.05, 4.69) is 163 Å². The lowest BCUT2D eigenvalue weighted by Gasteiger charge is -2.35. The molecular weight excluding hydrogens is 601 g/mol. The molecule has 4 aliphatic heterocycles. The van der Waals surface area contributed by atoms with Crippen LogP contribution in [0.5, 0.6) is 0 Å². The molecule has 5 heterocycles. The molecule has 0 aliphatic carbocycles. The van der Waals surface area contributed by atoms with E-state index >= 15 is 0 Å². The molecule has 0 radical (unpaired) electrons. The van der Waals surface area contributed by atoms with Crippen LogP contribution in [0.3, 0.4) is 0 Å². The van der Waals surface area contributed by atoms with Crippen molar-refractivity contribution in [2.24, 2.45) is 9.98 Å². The molecule has 238 valence electrons. The van der Waals surface area contributed by atoms with Gasteiger partial charge in [-0.2, -0.15) is 0 Å². The molecule has 0 N–H and O–H groups in total. The smallest absolute Gasteiger partial charge is 0.110 e. The third-order valence-corrected chi connectivity index (χ3v) is 10.8. The van der Waals surface area contributed by atoms with Gasteiger partial charge >= 0.3 is 0 Å². The molecule has 5 aromatic carbocycles. The van der Waals surface area contributed by atoms with Crippen molar-refractivity contribution in [3.63, 3.8) is 0 Å². The Morgan fingerprint density at radius 2 is 1.51 bits per heavy atom. The predicted octanol–water partition coefficient (Wildman–Crippen LogP) is 10.1. The summed E-state index contributed by atoms with van der Waals surface area (Å²) in [7, 11) is 0. The van der Waals surface area contributed by atoms with Crippen LogP contribution in [0.2, 0.25) is 0 Å². The van der Waals surface area contributed by atoms with Crippen molar-refractivity contribution >= 4 is 39.4 Å². The summed E-state index contributed by atoms with van der Waals surface area (Å²) in [5, 5.41) is 1.19. The van der Waals surface area contributed by atoms with Crippen LogP contribution >= 0.6 is 0 Å². The molecule has 5 nitrogen and oxygen atoms in total. The van der Waals surface area contributed by atoms with Gasteiger partial charge in [0, 0.05) is 39.6 Å². The number of benzene rings is 5. The summed E-state index contributed by atoms with van der Waals surface area (Å²) in [6.07, 6.45) is 5.63. The van der Waals surface area contributed by atoms with E-state index < -0.39 is 5.54 Å². The normalized spacial score (nSPS) is 23.5. The molecular formula is C44H36N4O. The van der Waals surface area contributed by atoms with Crippen molar-refractivity contribution in [1.82, 2.24) is 4.57 Å². The molecule has 4 unspecified atom stereocenters. The molecule has 5 heteroatoms. The van der Waals surface area contributed by atoms with Crippen LogP contribution in [0.1, 0.15) is 60.2 Å². The SMILES string of the molecule is CC1CC(c2ccccc2)=Nc2c1n(-c1cccc(N3c4ccc(C5CO5)cc4C4(C)N=C(c5ccccc5)C=CC34)c1)c1ccccc21. The van der Waals surface area contributed by atoms with Gasteiger partial charge in [0.1, 0.15) is 11.6 Å². The van der Waals surface area contributed by atoms with E-state index in [9.17, 15) is 0 Å². The number of aromatic nitrogens is 1. The minimum Gasteiger partial charge on any atom is -0.368 e. The maximum Gasteiger partial charge on any atom is 0.110 e. The van der Waals surface area contributed by atoms with E-state index in [4.69, 9.17) is 14.7 Å². The minimum absolute atomic E-state index is 0.0212. The number of rotatable bonds is 5. The van der Waals surface area contributed by atoms with Crippen LogP contribution in [0.15, 0.2) is 150 Å². The maximum absolute atomic E-state index is 5.73. The Labute approximate surface area is 286 Å². The first kappa shape index (κ1) is 28.5. The van der Waals surface area contributed by atoms with Gasteiger partial charge in [-0.05, 0) is 72.5 Å². The third-order valence-electron chi connectivity index (χ3n) is 10.8. The summed E-state index contributed by atoms with van der Waals surface area (Å²) in [4.78, 5) is 13.4. The van der Waals surface area contributed by atoms with Crippen LogP contribution in [0.4, 0.5) is 17.1 Å². The monoisotopic (exact) mass is 636 g/mol. The van der Waals surface area contributed by atoms with Gasteiger partial charge in [0.05, 0.1) is 35.3 Å². The van der Waals surface area contributed by atoms with Crippen LogP contribution in [0, 0.1) is 0 Å². The second kappa shape index (κ2) is 10.7. The van der Waals surface area contributed by atoms with Crippen molar-refractivity contribution in [3.05, 3.63) is 167 Å². The van der Waals surface area contributed by atoms with Crippen molar-refractivity contribution in [3.8, 4) is 5.69 Å². The summed E-state index contributed by atoms with van der Waals surface area (Å²) < 4.78 is 8.18. The third kappa shape index (κ3) is 4.42. The Kier molecular flexibility index (Phi) is 6.25. The van der Waals surface area contributed by atoms with Crippen molar-refractivity contribution in [1.29, 1.82) is 0 Å². The van der Waals surface area contributed by atoms with Crippen LogP contribution < -0.4 is 4.90 Å². The molecule has 49 heavy (non-hydrogen) atoms. The average molecular weight is 637 g/mol. The summed E-state index contributed by atoms with van der Waals surface area (Å²) in [5.74, 6) is 0.296. The lowest BCUT2D eigenvalue weighted by molar-refractivity contribution is 0.415. The highest BCUT2D eigenvalue weighted by atomic mass is 16.6. The molecule has 0 amide bonds. The second-order valence-corrected chi connectivity index (χ2v) is 13.9. The lowest BCUT2D eigenvalue weighted by atomic mass is 9.84. The molecule has 0 spiro atoms. The number of dihydropyridines is 1. The zero-order valence-corrected chi connectivity index (χ0v) is 27.6. The fraction of sp³-hybridized carbons (Fsp3) is 0.182. The highest BCUT2D eigenvalue weighted by Gasteiger charge is 2.49. The minimum atomic E-state index is -0.466. The zero-order valence-electron chi connectivity index (χ0n) is 27.6. The van der Waals surface area contributed by atoms with Gasteiger partial charge in [-0.25, -0.2) is 0 Å². The number of nitrogens with zero attached hydrogens (tertiary/aromatic N) is 4. The second-order valence-electron chi connectivity index (χ2n) is 13.9. The maximum atomic E-state index is 5.73. The van der Waals surface area contributed by atoms with Gasteiger partial charge in [0.15, 0.2) is 0 Å². The summed E-state index contributed by atoms with van der Waals surface area (Å²) >= 11 is 0. The van der Waals surface area contributed by atoms with E-state index in [1.165, 1.54) is 39.0 Å². The van der Waals surface area contributed by atoms with E-state index in [0.29, 0.717) is 5.92 Å². The molecule has 0 saturated carbocycles. The Morgan fingerprint density at radius 3 is 2.31 bits per heavy atom. The Bertz CT molecular complexity index is 2370. The first-order valence-corrected chi connectivity index (χ1v) is 17.3. The number of hydrogen-bond acceptors (Lipinski definition) is 4. The quantitative estimate of drug-likeness (QED) is 0.177. The van der Waals surface area contributed by atoms with Gasteiger partial charge in [0.25, 0.3) is 0 Å². The van der Waals surface area contributed by atoms with E-state index in [-0.39, 0.29) is 12.1 Å². The van der Waals surface area contributed by atoms with Gasteiger partial charge in [-0.1, -0.05) is 104 Å². The summed E-state index contributed by atoms with van der Waals surface area (Å²) in [5.41, 5.74) is 13.6. The number of anilines is 2. The standard InChI is InChI=1S/C44H36N4O/c1-28-24-37(30-14-7-4-8-15-30)45-42-34-18-9-10-19-38(34)48(43(28)42)33-17-11-16-32(26-33)47-39-22-20-31(40-27-49-40)25-35(39)44(2)41(47)23-21-36(46-44)29-12-5-3-6-13-29/h3-23,25-26,28,40-41H,24,27H2,1-2H3. The molecule has 10 rings (SSSR count). The highest BCUT2D eigenvalue weighted by Crippen LogP contribution is 2.53. The molecule has 4 aliphatic rings. The topological polar surface area (TPSA) is 45.4 Å². The molecule has 4 atom stereocenters. The van der Waals surface area contributed by atoms with E-state index in [1.807, 2.05) is 0 Å². The number of allylic oxidation sites excluding steroid dienone is 1. The van der Waals surface area contributed by atoms with E-state index in [0.717, 1.165) is 47.1 Å². The number of para-hydroxylation sites is 1. The van der Waals surface area contributed by atoms with Gasteiger partial charge in [-0.15, -0.1) is 0 Å².